The van der Waals surface area contributed by atoms with Crippen molar-refractivity contribution in [2.45, 2.75) is 57.3 Å². The van der Waals surface area contributed by atoms with Crippen LogP contribution in [-0.2, 0) is 0 Å². The molecule has 9 nitrogen and oxygen atoms in total. The number of aromatic nitrogens is 4. The van der Waals surface area contributed by atoms with Gasteiger partial charge in [-0.2, -0.15) is 39.5 Å². The van der Waals surface area contributed by atoms with Crippen LogP contribution in [0, 0.1) is 6.92 Å². The van der Waals surface area contributed by atoms with Crippen LogP contribution in [0.4, 0.5) is 44.3 Å². The number of nitrogens with one attached hydrogen (secondary N) is 1. The predicted molar refractivity (Wildman–Crippen MR) is 129 cm³/mol. The first-order valence-corrected chi connectivity index (χ1v) is 12.1. The molecular weight excluding hydrogens is 591 g/mol. The number of carbonyl (C=O) groups excluding carboxylic acids is 1. The van der Waals surface area contributed by atoms with Crippen LogP contribution in [0.1, 0.15) is 37.2 Å². The Bertz CT molecular complexity index is 1410. The third-order valence-electron chi connectivity index (χ3n) is 6.02. The first kappa shape index (κ1) is 32.5. The average molecular weight is 616 g/mol. The number of methoxy groups -OCH3 is 2. The summed E-state index contributed by atoms with van der Waals surface area (Å²) in [5, 5.41) is 1.28. The fourth-order valence-electron chi connectivity index (χ4n) is 4.14. The zero-order chi connectivity index (χ0) is 31.6. The van der Waals surface area contributed by atoms with Gasteiger partial charge >= 0.3 is 24.6 Å². The van der Waals surface area contributed by atoms with Gasteiger partial charge in [0.1, 0.15) is 11.8 Å². The Morgan fingerprint density at radius 3 is 2.21 bits per heavy atom. The van der Waals surface area contributed by atoms with Crippen molar-refractivity contribution < 1.29 is 53.8 Å². The van der Waals surface area contributed by atoms with E-state index in [0.29, 0.717) is 11.3 Å². The van der Waals surface area contributed by atoms with Crippen LogP contribution in [0.2, 0.25) is 0 Å². The summed E-state index contributed by atoms with van der Waals surface area (Å²) in [6, 6.07) is -6.95. The van der Waals surface area contributed by atoms with Gasteiger partial charge in [0.2, 0.25) is 5.65 Å². The van der Waals surface area contributed by atoms with Crippen LogP contribution in [0.3, 0.4) is 0 Å². The fraction of sp³-hybridized carbons (Fsp3) is 0.500. The van der Waals surface area contributed by atoms with Gasteiger partial charge in [-0.3, -0.25) is 4.98 Å². The second-order valence-corrected chi connectivity index (χ2v) is 8.99. The second-order valence-electron chi connectivity index (χ2n) is 8.99. The number of rotatable bonds is 9. The van der Waals surface area contributed by atoms with Crippen LogP contribution in [0.5, 0.6) is 11.6 Å². The van der Waals surface area contributed by atoms with Crippen LogP contribution in [0.25, 0.3) is 16.9 Å². The van der Waals surface area contributed by atoms with Crippen LogP contribution < -0.4 is 14.8 Å². The van der Waals surface area contributed by atoms with Gasteiger partial charge in [-0.05, 0) is 26.3 Å². The number of carbonyl (C=O) groups is 1. The number of imidazole rings is 1. The number of hydrogen-bond acceptors (Lipinski definition) is 6. The Hall–Kier alpha value is -3.99. The summed E-state index contributed by atoms with van der Waals surface area (Å²) in [6.45, 7) is 1.96. The summed E-state index contributed by atoms with van der Waals surface area (Å²) in [7, 11) is 2.51. The van der Waals surface area contributed by atoms with E-state index in [2.05, 4.69) is 15.0 Å². The molecule has 18 heteroatoms. The maximum Gasteiger partial charge on any atom is 0.414 e. The Morgan fingerprint density at radius 1 is 1.02 bits per heavy atom. The van der Waals surface area contributed by atoms with E-state index in [4.69, 9.17) is 9.47 Å². The Balaban J connectivity index is 2.08. The minimum Gasteiger partial charge on any atom is -0.494 e. The highest BCUT2D eigenvalue weighted by atomic mass is 19.4. The molecule has 0 aliphatic rings. The molecule has 2 atom stereocenters. The summed E-state index contributed by atoms with van der Waals surface area (Å²) in [6.07, 6.45) is -15.3. The van der Waals surface area contributed by atoms with Gasteiger partial charge in [0.25, 0.3) is 5.88 Å². The largest absolute Gasteiger partial charge is 0.494 e. The fourth-order valence-corrected chi connectivity index (χ4v) is 4.14. The molecule has 1 unspecified atom stereocenters. The smallest absolute Gasteiger partial charge is 0.414 e. The molecule has 42 heavy (non-hydrogen) atoms. The average Bonchev–Trinajstić information content (AvgIpc) is 3.26. The Kier molecular flexibility index (Phi) is 9.36. The zero-order valence-electron chi connectivity index (χ0n) is 22.4. The van der Waals surface area contributed by atoms with E-state index in [1.165, 1.54) is 30.1 Å². The molecule has 0 aromatic carbocycles. The molecule has 232 valence electrons. The van der Waals surface area contributed by atoms with E-state index in [-0.39, 0.29) is 27.8 Å². The maximum atomic E-state index is 14.4. The van der Waals surface area contributed by atoms with Gasteiger partial charge in [-0.1, -0.05) is 0 Å². The summed E-state index contributed by atoms with van der Waals surface area (Å²) in [5.41, 5.74) is 0.0485. The molecule has 3 aromatic rings. The standard InChI is InChI=1S/C24H25F9N6O3/c1-5-39(21(40)37-17(23(28,29)30)6-7-22(25,26)27)18(24(31,32)33)14-8-13(16(41-3)9-34-14)15-11-38-10-12(2)35-19(38)20(36-15)42-4/h8-11,17-18H,5-7H2,1-4H3,(H,37,40)/t17?,18-/m0/s1. The molecule has 0 spiro atoms. The highest BCUT2D eigenvalue weighted by Gasteiger charge is 2.49. The predicted octanol–water partition coefficient (Wildman–Crippen LogP) is 6.03. The molecule has 2 amide bonds. The Morgan fingerprint density at radius 2 is 1.69 bits per heavy atom. The van der Waals surface area contributed by atoms with E-state index in [9.17, 15) is 44.3 Å². The van der Waals surface area contributed by atoms with Crippen LogP contribution >= 0.6 is 0 Å². The zero-order valence-corrected chi connectivity index (χ0v) is 22.4. The van der Waals surface area contributed by atoms with E-state index in [0.717, 1.165) is 19.2 Å². The number of fused-ring (bicyclic) bond motifs is 1. The topological polar surface area (TPSA) is 93.9 Å². The van der Waals surface area contributed by atoms with Gasteiger partial charge in [0.15, 0.2) is 6.04 Å². The number of alkyl halides is 9. The molecular formula is C24H25F9N6O3. The normalized spacial score (nSPS) is 14.0. The first-order chi connectivity index (χ1) is 19.4. The quantitative estimate of drug-likeness (QED) is 0.296. The molecule has 0 radical (unpaired) electrons. The number of nitrogens with zero attached hydrogens (tertiary/aromatic N) is 5. The maximum absolute atomic E-state index is 14.4. The number of halogens is 9. The second kappa shape index (κ2) is 12.1. The van der Waals surface area contributed by atoms with Gasteiger partial charge < -0.3 is 24.1 Å². The monoisotopic (exact) mass is 616 g/mol. The highest BCUT2D eigenvalue weighted by Crippen LogP contribution is 2.40. The summed E-state index contributed by atoms with van der Waals surface area (Å²) in [4.78, 5) is 25.0. The number of pyridine rings is 1. The van der Waals surface area contributed by atoms with E-state index in [1.54, 1.807) is 13.1 Å². The van der Waals surface area contributed by atoms with Crippen molar-refractivity contribution in [1.29, 1.82) is 0 Å². The molecule has 3 aromatic heterocycles. The van der Waals surface area contributed by atoms with Crippen molar-refractivity contribution in [3.05, 3.63) is 36.0 Å². The summed E-state index contributed by atoms with van der Waals surface area (Å²) in [5.74, 6) is -0.0257. The van der Waals surface area contributed by atoms with Crippen molar-refractivity contribution in [1.82, 2.24) is 29.6 Å². The van der Waals surface area contributed by atoms with Crippen molar-refractivity contribution in [2.24, 2.45) is 0 Å². The lowest BCUT2D eigenvalue weighted by atomic mass is 10.1. The minimum absolute atomic E-state index is 0.00134. The van der Waals surface area contributed by atoms with E-state index in [1.807, 2.05) is 0 Å². The Labute approximate surface area is 232 Å². The number of hydrogen-bond donors (Lipinski definition) is 1. The third-order valence-corrected chi connectivity index (χ3v) is 6.02. The number of ether oxygens (including phenoxy) is 2. The molecule has 0 saturated carbocycles. The lowest BCUT2D eigenvalue weighted by Crippen LogP contribution is -2.53. The van der Waals surface area contributed by atoms with Gasteiger partial charge in [-0.25, -0.2) is 14.8 Å². The summed E-state index contributed by atoms with van der Waals surface area (Å²) < 4.78 is 133. The van der Waals surface area contributed by atoms with Crippen LogP contribution in [0.15, 0.2) is 24.7 Å². The summed E-state index contributed by atoms with van der Waals surface area (Å²) >= 11 is 0. The highest BCUT2D eigenvalue weighted by molar-refractivity contribution is 5.76. The SMILES string of the molecule is CCN(C(=O)NC(CCC(F)(F)F)C(F)(F)F)[C@@H](c1cc(-c2cn3cc(C)nc3c(OC)n2)c(OC)cn1)C(F)(F)F. The van der Waals surface area contributed by atoms with Gasteiger partial charge in [-0.15, -0.1) is 0 Å². The van der Waals surface area contributed by atoms with Crippen molar-refractivity contribution >= 4 is 11.7 Å². The molecule has 3 rings (SSSR count). The van der Waals surface area contributed by atoms with Crippen molar-refractivity contribution in [2.75, 3.05) is 20.8 Å². The number of amides is 2. The molecule has 3 heterocycles. The minimum atomic E-state index is -5.37. The molecule has 1 N–H and O–H groups in total. The number of urea groups is 1. The first-order valence-electron chi connectivity index (χ1n) is 12.1. The van der Waals surface area contributed by atoms with Crippen molar-refractivity contribution in [3.63, 3.8) is 0 Å². The van der Waals surface area contributed by atoms with Gasteiger partial charge in [0.05, 0.1) is 37.5 Å². The van der Waals surface area contributed by atoms with Crippen molar-refractivity contribution in [3.8, 4) is 22.9 Å². The lowest BCUT2D eigenvalue weighted by Gasteiger charge is -2.34. The van der Waals surface area contributed by atoms with E-state index < -0.39 is 61.7 Å². The third kappa shape index (κ3) is 7.44. The molecule has 0 bridgehead atoms. The van der Waals surface area contributed by atoms with E-state index >= 15 is 0 Å². The molecule has 0 aliphatic heterocycles. The lowest BCUT2D eigenvalue weighted by molar-refractivity contribution is -0.182. The molecule has 0 saturated heterocycles. The molecule has 0 fully saturated rings. The number of aryl methyl sites for hydroxylation is 1. The molecule has 0 aliphatic carbocycles. The van der Waals surface area contributed by atoms with Crippen LogP contribution in [-0.4, -0.2) is 75.6 Å². The van der Waals surface area contributed by atoms with Gasteiger partial charge in [0, 0.05) is 30.9 Å².